The number of amides is 1. The molecule has 0 N–H and O–H groups in total. The first-order valence-electron chi connectivity index (χ1n) is 1.83. The van der Waals surface area contributed by atoms with Crippen LogP contribution in [0.3, 0.4) is 0 Å². The molecule has 0 aromatic heterocycles. The Labute approximate surface area is 58.3 Å². The van der Waals surface area contributed by atoms with Gasteiger partial charge in [0.05, 0.1) is 22.7 Å². The van der Waals surface area contributed by atoms with E-state index in [4.69, 9.17) is 0 Å². The molecule has 1 rings (SSSR count). The Balaban J connectivity index is 2.44. The molecule has 1 atom stereocenters. The van der Waals surface area contributed by atoms with Crippen LogP contribution in [0.1, 0.15) is 0 Å². The molecule has 4 heteroatoms. The summed E-state index contributed by atoms with van der Waals surface area (Å²) in [5.74, 6) is 0.111. The molecule has 0 spiro atoms. The molecule has 0 bridgehead atoms. The van der Waals surface area contributed by atoms with Gasteiger partial charge in [-0.15, -0.1) is 0 Å². The second kappa shape index (κ2) is 1.74. The van der Waals surface area contributed by atoms with Crippen LogP contribution in [0, 0.1) is 0 Å². The Morgan fingerprint density at radius 3 is 2.43 bits per heavy atom. The summed E-state index contributed by atoms with van der Waals surface area (Å²) in [5, 5.41) is 0. The lowest BCUT2D eigenvalue weighted by atomic mass is 10.3. The maximum Gasteiger partial charge on any atom is 0.248 e. The SMILES string of the molecule is O=C1C(Br)CN1Br. The maximum atomic E-state index is 10.4. The van der Waals surface area contributed by atoms with Crippen LogP contribution < -0.4 is 0 Å². The summed E-state index contributed by atoms with van der Waals surface area (Å²) in [5.41, 5.74) is 0. The minimum atomic E-state index is 0.0619. The third-order valence-corrected chi connectivity index (χ3v) is 2.15. The second-order valence-electron chi connectivity index (χ2n) is 1.35. The number of carbonyl (C=O) groups is 1. The number of β-lactam (4-membered cyclic amide) rings is 1. The predicted octanol–water partition coefficient (Wildman–Crippen LogP) is 0.902. The summed E-state index contributed by atoms with van der Waals surface area (Å²) < 4.78 is 1.49. The molecule has 7 heavy (non-hydrogen) atoms. The number of rotatable bonds is 0. The van der Waals surface area contributed by atoms with Crippen LogP contribution in [0.2, 0.25) is 0 Å². The Bertz CT molecular complexity index is 95.1. The number of nitrogens with zero attached hydrogens (tertiary/aromatic N) is 1. The molecule has 1 amide bonds. The van der Waals surface area contributed by atoms with Crippen molar-refractivity contribution in [1.29, 1.82) is 0 Å². The van der Waals surface area contributed by atoms with Crippen molar-refractivity contribution in [3.63, 3.8) is 0 Å². The molecular formula is C3H3Br2NO. The number of alkyl halides is 1. The van der Waals surface area contributed by atoms with Crippen LogP contribution >= 0.6 is 32.1 Å². The zero-order valence-electron chi connectivity index (χ0n) is 3.40. The topological polar surface area (TPSA) is 20.3 Å². The highest BCUT2D eigenvalue weighted by molar-refractivity contribution is 9.10. The zero-order valence-corrected chi connectivity index (χ0v) is 6.57. The van der Waals surface area contributed by atoms with E-state index in [2.05, 4.69) is 32.1 Å². The number of halogens is 2. The number of carbonyl (C=O) groups excluding carboxylic acids is 1. The van der Waals surface area contributed by atoms with Crippen molar-refractivity contribution < 1.29 is 4.79 Å². The van der Waals surface area contributed by atoms with Crippen LogP contribution in [0.15, 0.2) is 0 Å². The lowest BCUT2D eigenvalue weighted by Gasteiger charge is -2.28. The first-order chi connectivity index (χ1) is 3.22. The maximum absolute atomic E-state index is 10.4. The van der Waals surface area contributed by atoms with Gasteiger partial charge in [0.1, 0.15) is 4.83 Å². The smallest absolute Gasteiger partial charge is 0.248 e. The lowest BCUT2D eigenvalue weighted by molar-refractivity contribution is -0.130. The average molecular weight is 229 g/mol. The van der Waals surface area contributed by atoms with Crippen LogP contribution in [-0.4, -0.2) is 21.2 Å². The van der Waals surface area contributed by atoms with Crippen molar-refractivity contribution in [1.82, 2.24) is 3.93 Å². The first-order valence-corrected chi connectivity index (χ1v) is 3.45. The molecule has 0 aliphatic carbocycles. The van der Waals surface area contributed by atoms with Gasteiger partial charge < -0.3 is 0 Å². The van der Waals surface area contributed by atoms with E-state index in [0.717, 1.165) is 6.54 Å². The fraction of sp³-hybridized carbons (Fsp3) is 0.667. The highest BCUT2D eigenvalue weighted by Crippen LogP contribution is 2.20. The summed E-state index contributed by atoms with van der Waals surface area (Å²) in [4.78, 5) is 10.5. The van der Waals surface area contributed by atoms with Crippen molar-refractivity contribution >= 4 is 38.0 Å². The Hall–Kier alpha value is 0.430. The van der Waals surface area contributed by atoms with Gasteiger partial charge in [0.2, 0.25) is 5.91 Å². The minimum absolute atomic E-state index is 0.0619. The Kier molecular flexibility index (Phi) is 1.39. The Morgan fingerprint density at radius 1 is 1.86 bits per heavy atom. The van der Waals surface area contributed by atoms with E-state index in [0.29, 0.717) is 0 Å². The molecule has 0 aromatic rings. The Morgan fingerprint density at radius 2 is 2.43 bits per heavy atom. The van der Waals surface area contributed by atoms with Crippen molar-refractivity contribution in [2.75, 3.05) is 6.54 Å². The van der Waals surface area contributed by atoms with Gasteiger partial charge in [-0.3, -0.25) is 8.72 Å². The number of hydrogen-bond donors (Lipinski definition) is 0. The van der Waals surface area contributed by atoms with Gasteiger partial charge in [0.25, 0.3) is 0 Å². The summed E-state index contributed by atoms with van der Waals surface area (Å²) in [6.07, 6.45) is 0. The molecule has 0 aromatic carbocycles. The normalized spacial score (nSPS) is 30.3. The van der Waals surface area contributed by atoms with Gasteiger partial charge in [0.15, 0.2) is 0 Å². The molecule has 1 aliphatic heterocycles. The fourth-order valence-corrected chi connectivity index (χ4v) is 2.09. The highest BCUT2D eigenvalue weighted by Gasteiger charge is 2.32. The summed E-state index contributed by atoms with van der Waals surface area (Å²) >= 11 is 6.16. The predicted molar refractivity (Wildman–Crippen MR) is 33.4 cm³/mol. The van der Waals surface area contributed by atoms with E-state index in [1.165, 1.54) is 3.93 Å². The van der Waals surface area contributed by atoms with Crippen molar-refractivity contribution in [2.45, 2.75) is 4.83 Å². The van der Waals surface area contributed by atoms with Crippen LogP contribution in [0.4, 0.5) is 0 Å². The fourth-order valence-electron chi connectivity index (χ4n) is 0.348. The van der Waals surface area contributed by atoms with Crippen LogP contribution in [0.5, 0.6) is 0 Å². The molecule has 1 aliphatic rings. The molecule has 1 fully saturated rings. The van der Waals surface area contributed by atoms with E-state index in [-0.39, 0.29) is 10.7 Å². The van der Waals surface area contributed by atoms with E-state index in [1.54, 1.807) is 0 Å². The summed E-state index contributed by atoms with van der Waals surface area (Å²) in [6, 6.07) is 0. The van der Waals surface area contributed by atoms with Crippen molar-refractivity contribution in [3.05, 3.63) is 0 Å². The van der Waals surface area contributed by atoms with Gasteiger partial charge in [-0.1, -0.05) is 15.9 Å². The summed E-state index contributed by atoms with van der Waals surface area (Å²) in [7, 11) is 0. The number of hydrogen-bond acceptors (Lipinski definition) is 1. The first kappa shape index (κ1) is 5.56. The van der Waals surface area contributed by atoms with Gasteiger partial charge in [-0.25, -0.2) is 0 Å². The van der Waals surface area contributed by atoms with Gasteiger partial charge in [0, 0.05) is 0 Å². The minimum Gasteiger partial charge on any atom is -0.276 e. The third kappa shape index (κ3) is 0.817. The van der Waals surface area contributed by atoms with Gasteiger partial charge in [-0.05, 0) is 0 Å². The van der Waals surface area contributed by atoms with Crippen LogP contribution in [0.25, 0.3) is 0 Å². The molecular weight excluding hydrogens is 226 g/mol. The zero-order chi connectivity index (χ0) is 5.44. The van der Waals surface area contributed by atoms with Crippen molar-refractivity contribution in [3.8, 4) is 0 Å². The van der Waals surface area contributed by atoms with Gasteiger partial charge in [-0.2, -0.15) is 0 Å². The lowest BCUT2D eigenvalue weighted by Crippen LogP contribution is -2.46. The third-order valence-electron chi connectivity index (χ3n) is 0.828. The monoisotopic (exact) mass is 227 g/mol. The van der Waals surface area contributed by atoms with Crippen molar-refractivity contribution in [2.24, 2.45) is 0 Å². The van der Waals surface area contributed by atoms with E-state index in [1.807, 2.05) is 0 Å². The molecule has 0 saturated carbocycles. The molecule has 0 radical (unpaired) electrons. The molecule has 1 unspecified atom stereocenters. The molecule has 40 valence electrons. The highest BCUT2D eigenvalue weighted by atomic mass is 79.9. The van der Waals surface area contributed by atoms with E-state index < -0.39 is 0 Å². The molecule has 2 nitrogen and oxygen atoms in total. The second-order valence-corrected chi connectivity index (χ2v) is 3.31. The summed E-state index contributed by atoms with van der Waals surface area (Å²) in [6.45, 7) is 0.777. The largest absolute Gasteiger partial charge is 0.276 e. The van der Waals surface area contributed by atoms with E-state index in [9.17, 15) is 4.79 Å². The van der Waals surface area contributed by atoms with E-state index >= 15 is 0 Å². The quantitative estimate of drug-likeness (QED) is 0.343. The molecule has 1 heterocycles. The average Bonchev–Trinajstić information content (AvgIpc) is 1.68. The molecule has 1 saturated heterocycles. The van der Waals surface area contributed by atoms with Gasteiger partial charge >= 0.3 is 0 Å². The van der Waals surface area contributed by atoms with Crippen LogP contribution in [-0.2, 0) is 4.79 Å². The standard InChI is InChI=1S/C3H3Br2NO/c4-2-1-6(5)3(2)7/h2H,1H2.